The molecule has 2 N–H and O–H groups in total. The fourth-order valence-corrected chi connectivity index (χ4v) is 5.70. The number of aromatic nitrogens is 1. The SMILES string of the molecule is O=C(O)C1CCC(CN2CCC(COc3noc4cccc(OC5CCCC5O)c34)CC2)C1. The molecular formula is C25H34N2O6. The molecule has 2 saturated carbocycles. The molecule has 3 aliphatic rings. The van der Waals surface area contributed by atoms with Crippen LogP contribution in [0, 0.1) is 17.8 Å². The van der Waals surface area contributed by atoms with Crippen molar-refractivity contribution in [3.05, 3.63) is 18.2 Å². The van der Waals surface area contributed by atoms with Crippen LogP contribution in [0.15, 0.2) is 22.7 Å². The van der Waals surface area contributed by atoms with Crippen LogP contribution < -0.4 is 9.47 Å². The second-order valence-corrected chi connectivity index (χ2v) is 10.0. The summed E-state index contributed by atoms with van der Waals surface area (Å²) in [5, 5.41) is 24.2. The van der Waals surface area contributed by atoms with Gasteiger partial charge in [-0.25, -0.2) is 0 Å². The zero-order valence-electron chi connectivity index (χ0n) is 19.0. The van der Waals surface area contributed by atoms with Crippen molar-refractivity contribution in [1.29, 1.82) is 0 Å². The zero-order valence-corrected chi connectivity index (χ0v) is 19.0. The standard InChI is InChI=1S/C25H34N2O6/c28-19-3-1-4-20(19)32-21-5-2-6-22-23(21)24(26-33-22)31-15-16-9-11-27(12-10-16)14-17-7-8-18(13-17)25(29)30/h2,5-6,16-20,28H,1,3-4,7-15H2,(H,29,30). The van der Waals surface area contributed by atoms with Crippen LogP contribution in [0.25, 0.3) is 11.0 Å². The van der Waals surface area contributed by atoms with E-state index in [0.29, 0.717) is 35.7 Å². The number of hydrogen-bond acceptors (Lipinski definition) is 7. The van der Waals surface area contributed by atoms with Gasteiger partial charge < -0.3 is 29.1 Å². The van der Waals surface area contributed by atoms with Crippen molar-refractivity contribution in [1.82, 2.24) is 10.1 Å². The molecule has 1 aromatic carbocycles. The number of ether oxygens (including phenoxy) is 2. The number of carbonyl (C=O) groups is 1. The number of carboxylic acid groups (broad SMARTS) is 1. The van der Waals surface area contributed by atoms with Crippen LogP contribution in [0.3, 0.4) is 0 Å². The van der Waals surface area contributed by atoms with Gasteiger partial charge in [-0.2, -0.15) is 0 Å². The summed E-state index contributed by atoms with van der Waals surface area (Å²) >= 11 is 0. The second-order valence-electron chi connectivity index (χ2n) is 10.0. The topological polar surface area (TPSA) is 105 Å². The van der Waals surface area contributed by atoms with Crippen molar-refractivity contribution < 1.29 is 29.0 Å². The van der Waals surface area contributed by atoms with Crippen LogP contribution >= 0.6 is 0 Å². The van der Waals surface area contributed by atoms with Crippen molar-refractivity contribution in [2.75, 3.05) is 26.2 Å². The first-order valence-corrected chi connectivity index (χ1v) is 12.4. The summed E-state index contributed by atoms with van der Waals surface area (Å²) in [6, 6.07) is 5.60. The molecule has 1 saturated heterocycles. The van der Waals surface area contributed by atoms with Gasteiger partial charge in [-0.3, -0.25) is 4.79 Å². The van der Waals surface area contributed by atoms with E-state index in [0.717, 1.165) is 76.4 Å². The van der Waals surface area contributed by atoms with Crippen molar-refractivity contribution in [3.8, 4) is 11.6 Å². The highest BCUT2D eigenvalue weighted by Crippen LogP contribution is 2.37. The molecule has 8 nitrogen and oxygen atoms in total. The van der Waals surface area contributed by atoms with Gasteiger partial charge in [-0.1, -0.05) is 6.07 Å². The fourth-order valence-electron chi connectivity index (χ4n) is 5.70. The largest absolute Gasteiger partial charge is 0.487 e. The number of benzene rings is 1. The Morgan fingerprint density at radius 2 is 1.97 bits per heavy atom. The van der Waals surface area contributed by atoms with Crippen LogP contribution in [0.4, 0.5) is 0 Å². The van der Waals surface area contributed by atoms with E-state index < -0.39 is 12.1 Å². The second kappa shape index (κ2) is 9.89. The molecular weight excluding hydrogens is 424 g/mol. The average molecular weight is 459 g/mol. The van der Waals surface area contributed by atoms with Gasteiger partial charge in [0.2, 0.25) is 0 Å². The van der Waals surface area contributed by atoms with Crippen molar-refractivity contribution >= 4 is 16.9 Å². The molecule has 180 valence electrons. The summed E-state index contributed by atoms with van der Waals surface area (Å²) in [6.07, 6.45) is 6.73. The van der Waals surface area contributed by atoms with Gasteiger partial charge in [0.25, 0.3) is 5.88 Å². The maximum atomic E-state index is 11.2. The van der Waals surface area contributed by atoms with Gasteiger partial charge in [-0.15, -0.1) is 0 Å². The Labute approximate surface area is 193 Å². The third kappa shape index (κ3) is 5.11. The normalized spacial score (nSPS) is 29.0. The molecule has 1 aromatic heterocycles. The Hall–Kier alpha value is -2.32. The number of fused-ring (bicyclic) bond motifs is 1. The van der Waals surface area contributed by atoms with Crippen molar-refractivity contribution in [2.45, 2.75) is 63.6 Å². The average Bonchev–Trinajstić information content (AvgIpc) is 3.54. The molecule has 5 rings (SSSR count). The molecule has 4 atom stereocenters. The molecule has 4 unspecified atom stereocenters. The first-order chi connectivity index (χ1) is 16.1. The predicted molar refractivity (Wildman–Crippen MR) is 121 cm³/mol. The Kier molecular flexibility index (Phi) is 6.74. The summed E-state index contributed by atoms with van der Waals surface area (Å²) in [5.41, 5.74) is 0.626. The third-order valence-corrected chi connectivity index (χ3v) is 7.69. The summed E-state index contributed by atoms with van der Waals surface area (Å²) < 4.78 is 17.7. The molecule has 2 aromatic rings. The number of hydrogen-bond donors (Lipinski definition) is 2. The van der Waals surface area contributed by atoms with Crippen LogP contribution in [-0.2, 0) is 4.79 Å². The van der Waals surface area contributed by atoms with E-state index in [9.17, 15) is 15.0 Å². The smallest absolute Gasteiger partial charge is 0.306 e. The number of aliphatic hydroxyl groups is 1. The summed E-state index contributed by atoms with van der Waals surface area (Å²) in [4.78, 5) is 13.7. The molecule has 0 spiro atoms. The van der Waals surface area contributed by atoms with E-state index in [1.807, 2.05) is 18.2 Å². The van der Waals surface area contributed by atoms with Crippen LogP contribution in [0.2, 0.25) is 0 Å². The highest BCUT2D eigenvalue weighted by Gasteiger charge is 2.32. The van der Waals surface area contributed by atoms with E-state index >= 15 is 0 Å². The molecule has 0 radical (unpaired) electrons. The predicted octanol–water partition coefficient (Wildman–Crippen LogP) is 3.71. The zero-order chi connectivity index (χ0) is 22.8. The lowest BCUT2D eigenvalue weighted by molar-refractivity contribution is -0.141. The number of aliphatic hydroxyl groups excluding tert-OH is 1. The maximum Gasteiger partial charge on any atom is 0.306 e. The lowest BCUT2D eigenvalue weighted by atomic mass is 9.96. The Morgan fingerprint density at radius 3 is 2.70 bits per heavy atom. The van der Waals surface area contributed by atoms with Gasteiger partial charge in [0.1, 0.15) is 17.2 Å². The van der Waals surface area contributed by atoms with Gasteiger partial charge in [-0.05, 0) is 93.6 Å². The number of likely N-dealkylation sites (tertiary alicyclic amines) is 1. The first-order valence-electron chi connectivity index (χ1n) is 12.4. The molecule has 2 aliphatic carbocycles. The maximum absolute atomic E-state index is 11.2. The Bertz CT molecular complexity index is 954. The van der Waals surface area contributed by atoms with Gasteiger partial charge in [0.05, 0.1) is 18.6 Å². The van der Waals surface area contributed by atoms with E-state index in [1.54, 1.807) is 0 Å². The summed E-state index contributed by atoms with van der Waals surface area (Å²) in [5.74, 6) is 1.29. The lowest BCUT2D eigenvalue weighted by Crippen LogP contribution is -2.38. The van der Waals surface area contributed by atoms with Gasteiger partial charge >= 0.3 is 5.97 Å². The monoisotopic (exact) mass is 458 g/mol. The summed E-state index contributed by atoms with van der Waals surface area (Å²) in [6.45, 7) is 3.64. The molecule has 33 heavy (non-hydrogen) atoms. The highest BCUT2D eigenvalue weighted by molar-refractivity contribution is 5.88. The molecule has 0 amide bonds. The number of carboxylic acids is 1. The Morgan fingerprint density at radius 1 is 1.12 bits per heavy atom. The van der Waals surface area contributed by atoms with E-state index in [4.69, 9.17) is 14.0 Å². The van der Waals surface area contributed by atoms with E-state index in [2.05, 4.69) is 10.1 Å². The minimum atomic E-state index is -0.637. The first kappa shape index (κ1) is 22.5. The molecule has 1 aliphatic heterocycles. The molecule has 3 fully saturated rings. The lowest BCUT2D eigenvalue weighted by Gasteiger charge is -2.33. The summed E-state index contributed by atoms with van der Waals surface area (Å²) in [7, 11) is 0. The minimum Gasteiger partial charge on any atom is -0.487 e. The Balaban J connectivity index is 1.13. The van der Waals surface area contributed by atoms with Crippen LogP contribution in [-0.4, -0.2) is 64.7 Å². The highest BCUT2D eigenvalue weighted by atomic mass is 16.5. The van der Waals surface area contributed by atoms with Crippen LogP contribution in [0.5, 0.6) is 11.6 Å². The quantitative estimate of drug-likeness (QED) is 0.617. The number of rotatable bonds is 8. The number of nitrogens with zero attached hydrogens (tertiary/aromatic N) is 2. The molecule has 0 bridgehead atoms. The molecule has 8 heteroatoms. The number of aliphatic carboxylic acids is 1. The minimum absolute atomic E-state index is 0.149. The van der Waals surface area contributed by atoms with Crippen molar-refractivity contribution in [2.24, 2.45) is 17.8 Å². The molecule has 2 heterocycles. The van der Waals surface area contributed by atoms with E-state index in [1.165, 1.54) is 0 Å². The van der Waals surface area contributed by atoms with E-state index in [-0.39, 0.29) is 12.0 Å². The fraction of sp³-hybridized carbons (Fsp3) is 0.680. The third-order valence-electron chi connectivity index (χ3n) is 7.69. The van der Waals surface area contributed by atoms with Crippen molar-refractivity contribution in [3.63, 3.8) is 0 Å². The van der Waals surface area contributed by atoms with Gasteiger partial charge in [0.15, 0.2) is 5.58 Å². The van der Waals surface area contributed by atoms with Gasteiger partial charge in [0, 0.05) is 6.54 Å². The number of piperidine rings is 1. The van der Waals surface area contributed by atoms with Crippen LogP contribution in [0.1, 0.15) is 51.4 Å².